The molecule has 5 aliphatic rings. The number of hydrogen-bond donors (Lipinski definition) is 4. The average Bonchev–Trinajstić information content (AvgIpc) is 3.34. The summed E-state index contributed by atoms with van der Waals surface area (Å²) in [5, 5.41) is 31.7. The first-order valence-corrected chi connectivity index (χ1v) is 19.4. The Balaban J connectivity index is 1.21. The Kier molecular flexibility index (Phi) is 11.4. The van der Waals surface area contributed by atoms with E-state index < -0.39 is 45.1 Å². The minimum atomic E-state index is -4.32. The van der Waals surface area contributed by atoms with E-state index in [1.807, 2.05) is 0 Å². The van der Waals surface area contributed by atoms with Crippen molar-refractivity contribution in [1.29, 1.82) is 0 Å². The third kappa shape index (κ3) is 7.33. The predicted octanol–water partition coefficient (Wildman–Crippen LogP) is 6.37. The normalized spacial score (nSPS) is 45.3. The largest absolute Gasteiger partial charge is 0.472 e. The van der Waals surface area contributed by atoms with E-state index in [0.717, 1.165) is 55.3 Å². The third-order valence-corrected chi connectivity index (χ3v) is 14.0. The number of hydrogen-bond acceptors (Lipinski definition) is 8. The van der Waals surface area contributed by atoms with Gasteiger partial charge in [0.25, 0.3) is 0 Å². The van der Waals surface area contributed by atoms with Gasteiger partial charge in [-0.25, -0.2) is 4.57 Å². The predicted molar refractivity (Wildman–Crippen MR) is 172 cm³/mol. The lowest BCUT2D eigenvalue weighted by molar-refractivity contribution is -0.312. The third-order valence-electron chi connectivity index (χ3n) is 12.9. The average molecular weight is 657 g/mol. The highest BCUT2D eigenvalue weighted by molar-refractivity contribution is 7.47. The monoisotopic (exact) mass is 656 g/mol. The van der Waals surface area contributed by atoms with Crippen molar-refractivity contribution in [2.24, 2.45) is 46.3 Å². The van der Waals surface area contributed by atoms with Crippen LogP contribution in [0.5, 0.6) is 0 Å². The molecule has 1 aliphatic heterocycles. The second-order valence-corrected chi connectivity index (χ2v) is 17.4. The van der Waals surface area contributed by atoms with Gasteiger partial charge in [-0.2, -0.15) is 0 Å². The van der Waals surface area contributed by atoms with Crippen LogP contribution < -0.4 is 0 Å². The molecule has 45 heavy (non-hydrogen) atoms. The summed E-state index contributed by atoms with van der Waals surface area (Å²) in [6, 6.07) is 0. The molecule has 0 aromatic rings. The van der Waals surface area contributed by atoms with Crippen molar-refractivity contribution >= 4 is 7.82 Å². The summed E-state index contributed by atoms with van der Waals surface area (Å²) < 4.78 is 33.7. The van der Waals surface area contributed by atoms with Gasteiger partial charge in [0, 0.05) is 0 Å². The topological polar surface area (TPSA) is 135 Å². The van der Waals surface area contributed by atoms with E-state index in [0.29, 0.717) is 11.3 Å². The molecule has 10 heteroatoms. The highest BCUT2D eigenvalue weighted by atomic mass is 31.2. The molecule has 1 unspecified atom stereocenters. The molecule has 1 saturated heterocycles. The van der Waals surface area contributed by atoms with Gasteiger partial charge in [0.05, 0.1) is 19.3 Å². The first-order valence-electron chi connectivity index (χ1n) is 17.9. The molecule has 14 atom stereocenters. The van der Waals surface area contributed by atoms with Crippen molar-refractivity contribution in [3.05, 3.63) is 11.6 Å². The molecule has 0 spiro atoms. The molecular weight excluding hydrogens is 595 g/mol. The van der Waals surface area contributed by atoms with Crippen molar-refractivity contribution in [2.75, 3.05) is 13.2 Å². The number of ether oxygens (including phenoxy) is 2. The molecule has 4 N–H and O–H groups in total. The summed E-state index contributed by atoms with van der Waals surface area (Å²) in [4.78, 5) is 9.77. The SMILES string of the molecule is CCOP(=O)(O)OC[C@H]1O[C@H](O[C@H]2CC[C@@]3(C)C(=CC[C@H]4[C@@H]5CC[C@H]([C@H](C)CCCC(C)C)[C@@]5(C)CC[C@@H]43)C2)[C@H](O)[C@@H](O)[C@@H]1O. The maximum atomic E-state index is 12.0. The fourth-order valence-corrected chi connectivity index (χ4v) is 11.2. The van der Waals surface area contributed by atoms with Gasteiger partial charge in [0.2, 0.25) is 0 Å². The lowest BCUT2D eigenvalue weighted by Crippen LogP contribution is -2.60. The lowest BCUT2D eigenvalue weighted by Gasteiger charge is -2.58. The van der Waals surface area contributed by atoms with Gasteiger partial charge < -0.3 is 29.7 Å². The Labute approximate surface area is 271 Å². The Morgan fingerprint density at radius 1 is 0.978 bits per heavy atom. The van der Waals surface area contributed by atoms with Gasteiger partial charge >= 0.3 is 7.82 Å². The van der Waals surface area contributed by atoms with E-state index in [4.69, 9.17) is 18.5 Å². The van der Waals surface area contributed by atoms with Crippen LogP contribution in [0.1, 0.15) is 112 Å². The fraction of sp³-hybridized carbons (Fsp3) is 0.943. The maximum absolute atomic E-state index is 12.0. The molecule has 3 saturated carbocycles. The highest BCUT2D eigenvalue weighted by Crippen LogP contribution is 2.67. The van der Waals surface area contributed by atoms with Crippen molar-refractivity contribution in [1.82, 2.24) is 0 Å². The first-order chi connectivity index (χ1) is 21.2. The number of phosphoric acid groups is 1. The summed E-state index contributed by atoms with van der Waals surface area (Å²) >= 11 is 0. The fourth-order valence-electron chi connectivity index (χ4n) is 10.5. The van der Waals surface area contributed by atoms with Crippen LogP contribution in [0.4, 0.5) is 0 Å². The lowest BCUT2D eigenvalue weighted by atomic mass is 9.47. The highest BCUT2D eigenvalue weighted by Gasteiger charge is 2.59. The van der Waals surface area contributed by atoms with E-state index in [1.54, 1.807) is 6.92 Å². The van der Waals surface area contributed by atoms with Crippen molar-refractivity contribution in [2.45, 2.75) is 149 Å². The Hall–Kier alpha value is -0.350. The zero-order valence-electron chi connectivity index (χ0n) is 28.5. The van der Waals surface area contributed by atoms with Gasteiger partial charge in [-0.1, -0.05) is 65.5 Å². The number of fused-ring (bicyclic) bond motifs is 5. The number of aliphatic hydroxyl groups excluding tert-OH is 3. The molecule has 0 bridgehead atoms. The quantitative estimate of drug-likeness (QED) is 0.140. The van der Waals surface area contributed by atoms with Crippen LogP contribution in [0.3, 0.4) is 0 Å². The van der Waals surface area contributed by atoms with Gasteiger partial charge in [0.15, 0.2) is 6.29 Å². The van der Waals surface area contributed by atoms with Crippen LogP contribution in [0.2, 0.25) is 0 Å². The molecule has 4 fully saturated rings. The number of aliphatic hydroxyl groups is 3. The first kappa shape index (κ1) is 35.9. The second-order valence-electron chi connectivity index (χ2n) is 16.0. The van der Waals surface area contributed by atoms with Gasteiger partial charge in [-0.05, 0) is 105 Å². The standard InChI is InChI=1S/C35H61O9P/c1-7-41-45(39,40)42-20-29-30(36)31(37)32(38)33(44-29)43-24-15-17-34(5)23(19-24)11-12-25-27-14-13-26(22(4)10-8-9-21(2)3)35(27,6)18-16-28(25)34/h11,21-22,24-33,36-38H,7-10,12-20H2,1-6H3,(H,39,40)/t22-,24+,25+,26-,27+,28+,29-,30-,31+,32-,33+,34+,35-/m1/s1. The van der Waals surface area contributed by atoms with Crippen molar-refractivity contribution in [3.63, 3.8) is 0 Å². The Morgan fingerprint density at radius 3 is 2.44 bits per heavy atom. The molecule has 5 rings (SSSR count). The molecular formula is C35H61O9P. The van der Waals surface area contributed by atoms with Crippen LogP contribution in [0.25, 0.3) is 0 Å². The molecule has 4 aliphatic carbocycles. The summed E-state index contributed by atoms with van der Waals surface area (Å²) in [6.07, 6.45) is 8.56. The van der Waals surface area contributed by atoms with Crippen molar-refractivity contribution < 1.29 is 43.3 Å². The van der Waals surface area contributed by atoms with Gasteiger partial charge in [0.1, 0.15) is 24.4 Å². The smallest absolute Gasteiger partial charge is 0.387 e. The molecule has 9 nitrogen and oxygen atoms in total. The number of rotatable bonds is 12. The molecule has 0 radical (unpaired) electrons. The van der Waals surface area contributed by atoms with Crippen LogP contribution >= 0.6 is 7.82 Å². The van der Waals surface area contributed by atoms with Crippen LogP contribution in [0, 0.1) is 46.3 Å². The minimum absolute atomic E-state index is 0.0226. The van der Waals surface area contributed by atoms with E-state index in [1.165, 1.54) is 50.5 Å². The summed E-state index contributed by atoms with van der Waals surface area (Å²) in [5.41, 5.74) is 2.04. The molecule has 0 aromatic carbocycles. The second kappa shape index (κ2) is 14.2. The zero-order chi connectivity index (χ0) is 32.7. The van der Waals surface area contributed by atoms with Crippen molar-refractivity contribution in [3.8, 4) is 0 Å². The molecule has 0 amide bonds. The van der Waals surface area contributed by atoms with Crippen LogP contribution in [-0.4, -0.2) is 70.2 Å². The Bertz CT molecular complexity index is 1080. The molecule has 1 heterocycles. The van der Waals surface area contributed by atoms with Gasteiger partial charge in [-0.3, -0.25) is 9.05 Å². The summed E-state index contributed by atoms with van der Waals surface area (Å²) in [7, 11) is -4.32. The summed E-state index contributed by atoms with van der Waals surface area (Å²) in [6.45, 7) is 13.3. The van der Waals surface area contributed by atoms with E-state index in [9.17, 15) is 24.8 Å². The van der Waals surface area contributed by atoms with E-state index >= 15 is 0 Å². The molecule has 0 aromatic heterocycles. The number of phosphoric ester groups is 1. The van der Waals surface area contributed by atoms with E-state index in [2.05, 4.69) is 40.7 Å². The number of allylic oxidation sites excluding steroid dienone is 1. The van der Waals surface area contributed by atoms with Crippen LogP contribution in [-0.2, 0) is 23.1 Å². The maximum Gasteiger partial charge on any atom is 0.472 e. The zero-order valence-corrected chi connectivity index (χ0v) is 29.4. The van der Waals surface area contributed by atoms with Gasteiger partial charge in [-0.15, -0.1) is 0 Å². The molecule has 260 valence electrons. The van der Waals surface area contributed by atoms with Crippen LogP contribution in [0.15, 0.2) is 11.6 Å². The minimum Gasteiger partial charge on any atom is -0.387 e. The Morgan fingerprint density at radius 2 is 1.73 bits per heavy atom. The van der Waals surface area contributed by atoms with E-state index in [-0.39, 0.29) is 18.1 Å². The summed E-state index contributed by atoms with van der Waals surface area (Å²) in [5.74, 6) is 4.64.